The Balaban J connectivity index is 1.46. The number of hydrogen-bond donors (Lipinski definition) is 0. The maximum atomic E-state index is 14.3. The standard InChI is InChI=1S/C37H37N3O7S/c1-4-45-29-20-24(16-17-28(29)47-23-31(41)39-18-9-10-19-39)21-30-35(42)40-34(26-14-11-15-27(22-26)44-3)32(36(43)46-5-2)33(38-37(40)48-30)25-12-7-6-8-13-25/h6-8,11-17,20-22,34H,4-5,9-10,18-19,23H2,1-3H3/b30-21+/t34-/m0/s1. The second kappa shape index (κ2) is 14.7. The smallest absolute Gasteiger partial charge is 0.338 e. The summed E-state index contributed by atoms with van der Waals surface area (Å²) in [7, 11) is 1.57. The van der Waals surface area contributed by atoms with Gasteiger partial charge in [0.15, 0.2) is 22.9 Å². The minimum Gasteiger partial charge on any atom is -0.497 e. The zero-order chi connectivity index (χ0) is 33.6. The van der Waals surface area contributed by atoms with Gasteiger partial charge in [-0.15, -0.1) is 0 Å². The van der Waals surface area contributed by atoms with Crippen molar-refractivity contribution in [1.82, 2.24) is 9.47 Å². The van der Waals surface area contributed by atoms with Gasteiger partial charge in [-0.1, -0.05) is 59.9 Å². The Labute approximate surface area is 282 Å². The highest BCUT2D eigenvalue weighted by atomic mass is 32.1. The molecule has 0 saturated carbocycles. The molecule has 11 heteroatoms. The summed E-state index contributed by atoms with van der Waals surface area (Å²) in [4.78, 5) is 47.7. The lowest BCUT2D eigenvalue weighted by Gasteiger charge is -2.26. The third-order valence-electron chi connectivity index (χ3n) is 8.16. The second-order valence-electron chi connectivity index (χ2n) is 11.2. The molecule has 248 valence electrons. The summed E-state index contributed by atoms with van der Waals surface area (Å²) in [5, 5.41) is 0. The summed E-state index contributed by atoms with van der Waals surface area (Å²) in [5.74, 6) is 0.903. The van der Waals surface area contributed by atoms with E-state index in [1.807, 2.05) is 72.5 Å². The van der Waals surface area contributed by atoms with Gasteiger partial charge >= 0.3 is 5.97 Å². The molecule has 1 aromatic heterocycles. The van der Waals surface area contributed by atoms with Crippen LogP contribution in [-0.4, -0.2) is 61.4 Å². The van der Waals surface area contributed by atoms with E-state index < -0.39 is 12.0 Å². The minimum absolute atomic E-state index is 0.0530. The van der Waals surface area contributed by atoms with Crippen molar-refractivity contribution in [2.75, 3.05) is 40.0 Å². The number of nitrogens with zero attached hydrogens (tertiary/aromatic N) is 3. The van der Waals surface area contributed by atoms with Crippen LogP contribution in [-0.2, 0) is 14.3 Å². The molecule has 6 rings (SSSR count). The fourth-order valence-corrected chi connectivity index (χ4v) is 6.92. The molecule has 10 nitrogen and oxygen atoms in total. The van der Waals surface area contributed by atoms with E-state index in [2.05, 4.69) is 0 Å². The van der Waals surface area contributed by atoms with Crippen molar-refractivity contribution in [3.8, 4) is 17.2 Å². The van der Waals surface area contributed by atoms with Crippen molar-refractivity contribution < 1.29 is 28.5 Å². The Morgan fingerprint density at radius 2 is 1.73 bits per heavy atom. The predicted octanol–water partition coefficient (Wildman–Crippen LogP) is 4.34. The number of esters is 1. The molecule has 4 aromatic rings. The average molecular weight is 668 g/mol. The first kappa shape index (κ1) is 32.8. The van der Waals surface area contributed by atoms with Gasteiger partial charge in [0.25, 0.3) is 11.5 Å². The number of rotatable bonds is 11. The topological polar surface area (TPSA) is 109 Å². The number of hydrogen-bond acceptors (Lipinski definition) is 9. The summed E-state index contributed by atoms with van der Waals surface area (Å²) >= 11 is 1.23. The highest BCUT2D eigenvalue weighted by Crippen LogP contribution is 2.36. The number of likely N-dealkylation sites (tertiary alicyclic amines) is 1. The molecule has 0 spiro atoms. The van der Waals surface area contributed by atoms with E-state index in [0.717, 1.165) is 31.5 Å². The van der Waals surface area contributed by atoms with Crippen LogP contribution in [0.2, 0.25) is 0 Å². The number of aromatic nitrogens is 1. The number of ether oxygens (including phenoxy) is 4. The number of benzene rings is 3. The second-order valence-corrected chi connectivity index (χ2v) is 12.2. The SMILES string of the molecule is CCOC(=O)C1=C(c2ccccc2)N=c2s/c(=C/c3ccc(OCC(=O)N4CCCC4)c(OCC)c3)c(=O)n2[C@H]1c1cccc(OC)c1. The highest BCUT2D eigenvalue weighted by molar-refractivity contribution is 7.07. The van der Waals surface area contributed by atoms with Crippen LogP contribution in [0.5, 0.6) is 17.2 Å². The third-order valence-corrected chi connectivity index (χ3v) is 9.14. The number of fused-ring (bicyclic) bond motifs is 1. The molecule has 3 heterocycles. The van der Waals surface area contributed by atoms with Crippen LogP contribution in [0.3, 0.4) is 0 Å². The van der Waals surface area contributed by atoms with Crippen molar-refractivity contribution in [1.29, 1.82) is 0 Å². The molecule has 0 N–H and O–H groups in total. The number of thiazole rings is 1. The Morgan fingerprint density at radius 1 is 0.938 bits per heavy atom. The van der Waals surface area contributed by atoms with Gasteiger partial charge in [-0.3, -0.25) is 14.2 Å². The van der Waals surface area contributed by atoms with Gasteiger partial charge in [0.1, 0.15) is 5.75 Å². The molecule has 0 radical (unpaired) electrons. The maximum absolute atomic E-state index is 14.3. The Bertz CT molecular complexity index is 2030. The summed E-state index contributed by atoms with van der Waals surface area (Å²) in [6, 6.07) is 21.2. The van der Waals surface area contributed by atoms with Crippen LogP contribution >= 0.6 is 11.3 Å². The number of methoxy groups -OCH3 is 1. The Kier molecular flexibility index (Phi) is 10.1. The molecule has 0 aliphatic carbocycles. The van der Waals surface area contributed by atoms with Crippen LogP contribution in [0.15, 0.2) is 88.2 Å². The van der Waals surface area contributed by atoms with Crippen LogP contribution in [0, 0.1) is 0 Å². The fourth-order valence-electron chi connectivity index (χ4n) is 5.92. The summed E-state index contributed by atoms with van der Waals surface area (Å²) in [6.45, 7) is 5.60. The number of carbonyl (C=O) groups is 2. The zero-order valence-corrected chi connectivity index (χ0v) is 28.0. The first-order chi connectivity index (χ1) is 23.4. The quantitative estimate of drug-likeness (QED) is 0.219. The van der Waals surface area contributed by atoms with Gasteiger partial charge in [-0.05, 0) is 68.2 Å². The molecule has 1 fully saturated rings. The van der Waals surface area contributed by atoms with Crippen LogP contribution in [0.4, 0.5) is 0 Å². The third kappa shape index (κ3) is 6.77. The van der Waals surface area contributed by atoms with Gasteiger partial charge in [0.2, 0.25) is 0 Å². The van der Waals surface area contributed by atoms with Gasteiger partial charge in [0, 0.05) is 18.7 Å². The first-order valence-electron chi connectivity index (χ1n) is 16.0. The summed E-state index contributed by atoms with van der Waals surface area (Å²) in [5.41, 5.74) is 2.50. The van der Waals surface area contributed by atoms with Gasteiger partial charge in [-0.25, -0.2) is 9.79 Å². The number of amides is 1. The van der Waals surface area contributed by atoms with Crippen LogP contribution in [0.1, 0.15) is 49.4 Å². The highest BCUT2D eigenvalue weighted by Gasteiger charge is 2.35. The lowest BCUT2D eigenvalue weighted by atomic mass is 9.93. The molecule has 2 aliphatic rings. The van der Waals surface area contributed by atoms with Crippen molar-refractivity contribution in [2.45, 2.75) is 32.7 Å². The predicted molar refractivity (Wildman–Crippen MR) is 183 cm³/mol. The fraction of sp³-hybridized carbons (Fsp3) is 0.297. The van der Waals surface area contributed by atoms with E-state index >= 15 is 0 Å². The molecule has 0 bridgehead atoms. The monoisotopic (exact) mass is 667 g/mol. The molecule has 1 saturated heterocycles. The van der Waals surface area contributed by atoms with E-state index in [1.165, 1.54) is 11.3 Å². The van der Waals surface area contributed by atoms with Crippen molar-refractivity contribution in [3.05, 3.63) is 115 Å². The maximum Gasteiger partial charge on any atom is 0.338 e. The normalized spacial score (nSPS) is 15.9. The first-order valence-corrected chi connectivity index (χ1v) is 16.8. The summed E-state index contributed by atoms with van der Waals surface area (Å²) in [6.07, 6.45) is 3.78. The van der Waals surface area contributed by atoms with Gasteiger partial charge in [0.05, 0.1) is 42.2 Å². The van der Waals surface area contributed by atoms with E-state index in [0.29, 0.717) is 50.0 Å². The van der Waals surface area contributed by atoms with E-state index in [9.17, 15) is 14.4 Å². The average Bonchev–Trinajstić information content (AvgIpc) is 3.76. The molecule has 3 aromatic carbocycles. The minimum atomic E-state index is -0.823. The van der Waals surface area contributed by atoms with E-state index in [-0.39, 0.29) is 30.3 Å². The number of carbonyl (C=O) groups excluding carboxylic acids is 2. The van der Waals surface area contributed by atoms with E-state index in [4.69, 9.17) is 23.9 Å². The molecular weight excluding hydrogens is 630 g/mol. The van der Waals surface area contributed by atoms with Crippen LogP contribution < -0.4 is 29.1 Å². The van der Waals surface area contributed by atoms with Gasteiger partial charge in [-0.2, -0.15) is 0 Å². The zero-order valence-electron chi connectivity index (χ0n) is 27.1. The molecular formula is C37H37N3O7S. The molecule has 1 atom stereocenters. The van der Waals surface area contributed by atoms with Crippen LogP contribution in [0.25, 0.3) is 11.8 Å². The lowest BCUT2D eigenvalue weighted by Crippen LogP contribution is -2.40. The summed E-state index contributed by atoms with van der Waals surface area (Å²) < 4.78 is 24.8. The van der Waals surface area contributed by atoms with Crippen molar-refractivity contribution in [3.63, 3.8) is 0 Å². The van der Waals surface area contributed by atoms with E-state index in [1.54, 1.807) is 36.8 Å². The molecule has 48 heavy (non-hydrogen) atoms. The lowest BCUT2D eigenvalue weighted by molar-refractivity contribution is -0.139. The Hall–Kier alpha value is -5.16. The van der Waals surface area contributed by atoms with Crippen molar-refractivity contribution in [2.24, 2.45) is 4.99 Å². The molecule has 2 aliphatic heterocycles. The largest absolute Gasteiger partial charge is 0.497 e. The van der Waals surface area contributed by atoms with Gasteiger partial charge < -0.3 is 23.8 Å². The Morgan fingerprint density at radius 3 is 2.46 bits per heavy atom. The molecule has 1 amide bonds. The molecule has 0 unspecified atom stereocenters. The van der Waals surface area contributed by atoms with Crippen molar-refractivity contribution >= 4 is 35.0 Å².